The summed E-state index contributed by atoms with van der Waals surface area (Å²) in [7, 11) is 0. The van der Waals surface area contributed by atoms with Crippen molar-refractivity contribution in [3.8, 4) is 0 Å². The van der Waals surface area contributed by atoms with Gasteiger partial charge in [0.05, 0.1) is 17.5 Å². The molecule has 0 saturated heterocycles. The Hall–Kier alpha value is -1.82. The van der Waals surface area contributed by atoms with Gasteiger partial charge >= 0.3 is 5.97 Å². The number of H-pyrrole nitrogens is 1. The van der Waals surface area contributed by atoms with Crippen LogP contribution in [0.5, 0.6) is 0 Å². The van der Waals surface area contributed by atoms with E-state index in [1.807, 2.05) is 16.5 Å². The number of carboxylic acids is 1. The van der Waals surface area contributed by atoms with Crippen molar-refractivity contribution < 1.29 is 9.90 Å². The van der Waals surface area contributed by atoms with Crippen LogP contribution in [0.15, 0.2) is 22.8 Å². The summed E-state index contributed by atoms with van der Waals surface area (Å²) in [6, 6.07) is 6.12. The van der Waals surface area contributed by atoms with E-state index in [1.54, 1.807) is 0 Å². The van der Waals surface area contributed by atoms with Gasteiger partial charge in [-0.2, -0.15) is 0 Å². The summed E-state index contributed by atoms with van der Waals surface area (Å²) in [6.45, 7) is 2.11. The number of nitrogens with zero attached hydrogens (tertiary/aromatic N) is 2. The van der Waals surface area contributed by atoms with Crippen molar-refractivity contribution in [3.05, 3.63) is 34.1 Å². The number of nitrogens with one attached hydrogen (secondary N) is 1. The van der Waals surface area contributed by atoms with E-state index in [-0.39, 0.29) is 6.42 Å². The highest BCUT2D eigenvalue weighted by Crippen LogP contribution is 2.27. The van der Waals surface area contributed by atoms with Crippen LogP contribution in [-0.2, 0) is 17.6 Å². The summed E-state index contributed by atoms with van der Waals surface area (Å²) in [4.78, 5) is 18.5. The first kappa shape index (κ1) is 13.2. The number of carbonyl (C=O) groups is 1. The molecule has 1 aromatic carbocycles. The predicted octanol–water partition coefficient (Wildman–Crippen LogP) is 3.16. The minimum atomic E-state index is -0.803. The summed E-state index contributed by atoms with van der Waals surface area (Å²) >= 11 is 3.55. The maximum atomic E-state index is 10.7. The van der Waals surface area contributed by atoms with Gasteiger partial charge in [0.1, 0.15) is 4.60 Å². The number of aromatic nitrogens is 3. The summed E-state index contributed by atoms with van der Waals surface area (Å²) in [5.41, 5.74) is 4.09. The van der Waals surface area contributed by atoms with Crippen molar-refractivity contribution >= 4 is 38.7 Å². The quantitative estimate of drug-likeness (QED) is 0.769. The number of carboxylic acid groups (broad SMARTS) is 1. The van der Waals surface area contributed by atoms with Gasteiger partial charge in [-0.15, -0.1) is 0 Å². The molecule has 0 aliphatic heterocycles. The number of rotatable bonds is 4. The third-order valence-electron chi connectivity index (χ3n) is 3.45. The molecule has 0 bridgehead atoms. The number of aryl methyl sites for hydroxylation is 2. The first-order valence-electron chi connectivity index (χ1n) is 6.50. The van der Waals surface area contributed by atoms with Gasteiger partial charge in [-0.3, -0.25) is 9.20 Å². The molecule has 0 unspecified atom stereocenters. The normalized spacial score (nSPS) is 11.5. The van der Waals surface area contributed by atoms with E-state index >= 15 is 0 Å². The molecule has 3 rings (SSSR count). The molecule has 5 nitrogen and oxygen atoms in total. The lowest BCUT2D eigenvalue weighted by atomic mass is 10.1. The second-order valence-corrected chi connectivity index (χ2v) is 5.45. The maximum absolute atomic E-state index is 10.7. The van der Waals surface area contributed by atoms with E-state index in [9.17, 15) is 4.79 Å². The minimum absolute atomic E-state index is 0.0976. The number of benzene rings is 1. The molecule has 20 heavy (non-hydrogen) atoms. The van der Waals surface area contributed by atoms with Gasteiger partial charge in [-0.05, 0) is 34.0 Å². The monoisotopic (exact) mass is 335 g/mol. The summed E-state index contributed by atoms with van der Waals surface area (Å²) in [5.74, 6) is -0.0598. The molecule has 3 aromatic rings. The summed E-state index contributed by atoms with van der Waals surface area (Å²) in [6.07, 6.45) is 1.48. The molecular weight excluding hydrogens is 322 g/mol. The molecule has 0 amide bonds. The number of halogens is 1. The van der Waals surface area contributed by atoms with Gasteiger partial charge in [0.2, 0.25) is 5.78 Å². The van der Waals surface area contributed by atoms with E-state index in [1.165, 1.54) is 5.56 Å². The average Bonchev–Trinajstić information content (AvgIpc) is 2.93. The van der Waals surface area contributed by atoms with E-state index in [4.69, 9.17) is 5.11 Å². The van der Waals surface area contributed by atoms with Crippen LogP contribution in [0, 0.1) is 0 Å². The first-order valence-corrected chi connectivity index (χ1v) is 7.29. The van der Waals surface area contributed by atoms with Gasteiger partial charge in [-0.25, -0.2) is 4.98 Å². The summed E-state index contributed by atoms with van der Waals surface area (Å²) < 4.78 is 2.84. The molecule has 2 heterocycles. The van der Waals surface area contributed by atoms with Crippen LogP contribution in [0.4, 0.5) is 0 Å². The van der Waals surface area contributed by atoms with Crippen LogP contribution < -0.4 is 0 Å². The standard InChI is InChI=1S/C14H14BrN3O2/c1-2-8-4-3-5-10-12(8)17-14-16-9(6-7-11(19)20)13(15)18(10)14/h3-5H,2,6-7H2,1H3,(H,16,17)(H,19,20). The maximum Gasteiger partial charge on any atom is 0.303 e. The van der Waals surface area contributed by atoms with Crippen molar-refractivity contribution in [2.24, 2.45) is 0 Å². The smallest absolute Gasteiger partial charge is 0.303 e. The number of aliphatic carboxylic acids is 1. The van der Waals surface area contributed by atoms with Crippen LogP contribution in [-0.4, -0.2) is 25.4 Å². The first-order chi connectivity index (χ1) is 9.61. The van der Waals surface area contributed by atoms with E-state index in [2.05, 4.69) is 38.9 Å². The van der Waals surface area contributed by atoms with Crippen LogP contribution in [0.25, 0.3) is 16.8 Å². The Kier molecular flexibility index (Phi) is 3.25. The Morgan fingerprint density at radius 1 is 1.50 bits per heavy atom. The Bertz CT molecular complexity index is 804. The Labute approximate surface area is 123 Å². The molecule has 0 saturated carbocycles. The highest BCUT2D eigenvalue weighted by Gasteiger charge is 2.15. The third-order valence-corrected chi connectivity index (χ3v) is 4.28. The fourth-order valence-corrected chi connectivity index (χ4v) is 3.10. The molecule has 2 aromatic heterocycles. The van der Waals surface area contributed by atoms with Gasteiger partial charge in [0.15, 0.2) is 0 Å². The van der Waals surface area contributed by atoms with Crippen molar-refractivity contribution in [3.63, 3.8) is 0 Å². The van der Waals surface area contributed by atoms with Crippen LogP contribution >= 0.6 is 15.9 Å². The minimum Gasteiger partial charge on any atom is -0.481 e. The largest absolute Gasteiger partial charge is 0.481 e. The predicted molar refractivity (Wildman–Crippen MR) is 80.1 cm³/mol. The Morgan fingerprint density at radius 2 is 2.30 bits per heavy atom. The Morgan fingerprint density at radius 3 is 3.00 bits per heavy atom. The summed E-state index contributed by atoms with van der Waals surface area (Å²) in [5, 5.41) is 8.78. The molecular formula is C14H14BrN3O2. The molecule has 104 valence electrons. The fraction of sp³-hybridized carbons (Fsp3) is 0.286. The van der Waals surface area contributed by atoms with Crippen LogP contribution in [0.2, 0.25) is 0 Å². The zero-order valence-electron chi connectivity index (χ0n) is 11.0. The lowest BCUT2D eigenvalue weighted by Crippen LogP contribution is -1.98. The Balaban J connectivity index is 2.16. The van der Waals surface area contributed by atoms with E-state index in [0.717, 1.165) is 33.5 Å². The molecule has 0 spiro atoms. The highest BCUT2D eigenvalue weighted by molar-refractivity contribution is 9.10. The van der Waals surface area contributed by atoms with Crippen molar-refractivity contribution in [1.29, 1.82) is 0 Å². The second-order valence-electron chi connectivity index (χ2n) is 4.70. The van der Waals surface area contributed by atoms with Gasteiger partial charge in [0.25, 0.3) is 0 Å². The van der Waals surface area contributed by atoms with Gasteiger partial charge < -0.3 is 10.1 Å². The second kappa shape index (κ2) is 4.94. The molecule has 0 radical (unpaired) electrons. The number of hydrogen-bond acceptors (Lipinski definition) is 2. The lowest BCUT2D eigenvalue weighted by molar-refractivity contribution is -0.136. The highest BCUT2D eigenvalue weighted by atomic mass is 79.9. The molecule has 2 N–H and O–H groups in total. The van der Waals surface area contributed by atoms with Gasteiger partial charge in [0, 0.05) is 12.1 Å². The molecule has 6 heteroatoms. The third kappa shape index (κ3) is 2.00. The lowest BCUT2D eigenvalue weighted by Gasteiger charge is -1.99. The number of imidazole rings is 2. The average molecular weight is 336 g/mol. The number of fused-ring (bicyclic) bond motifs is 3. The van der Waals surface area contributed by atoms with Gasteiger partial charge in [-0.1, -0.05) is 19.1 Å². The molecule has 0 aliphatic carbocycles. The van der Waals surface area contributed by atoms with E-state index in [0.29, 0.717) is 6.42 Å². The number of aromatic amines is 1. The number of para-hydroxylation sites is 1. The van der Waals surface area contributed by atoms with Crippen molar-refractivity contribution in [2.45, 2.75) is 26.2 Å². The molecule has 0 atom stereocenters. The van der Waals surface area contributed by atoms with Crippen molar-refractivity contribution in [1.82, 2.24) is 14.4 Å². The van der Waals surface area contributed by atoms with Crippen LogP contribution in [0.1, 0.15) is 24.6 Å². The SMILES string of the molecule is CCc1cccc2c1nc1[nH]c(CCC(=O)O)c(Br)n12. The topological polar surface area (TPSA) is 70.4 Å². The fourth-order valence-electron chi connectivity index (χ4n) is 2.44. The zero-order valence-corrected chi connectivity index (χ0v) is 12.6. The van der Waals surface area contributed by atoms with E-state index < -0.39 is 5.97 Å². The number of hydrogen-bond donors (Lipinski definition) is 2. The van der Waals surface area contributed by atoms with Crippen LogP contribution in [0.3, 0.4) is 0 Å². The molecule has 0 fully saturated rings. The zero-order chi connectivity index (χ0) is 14.3. The molecule has 0 aliphatic rings. The van der Waals surface area contributed by atoms with Crippen molar-refractivity contribution in [2.75, 3.05) is 0 Å².